The number of hydrogen-bond donors (Lipinski definition) is 0. The van der Waals surface area contributed by atoms with Crippen LogP contribution in [0, 0.1) is 5.92 Å². The fourth-order valence-corrected chi connectivity index (χ4v) is 5.81. The van der Waals surface area contributed by atoms with Crippen LogP contribution in [0.5, 0.6) is 0 Å². The molecular weight excluding hydrogens is 216 g/mol. The van der Waals surface area contributed by atoms with Gasteiger partial charge in [-0.2, -0.15) is 0 Å². The summed E-state index contributed by atoms with van der Waals surface area (Å²) in [5.41, 5.74) is 0. The van der Waals surface area contributed by atoms with Gasteiger partial charge in [0, 0.05) is 5.25 Å². The highest BCUT2D eigenvalue weighted by Gasteiger charge is 2.28. The Kier molecular flexibility index (Phi) is 4.77. The predicted octanol–water partition coefficient (Wildman–Crippen LogP) is 3.04. The second-order valence-corrected chi connectivity index (χ2v) is 8.93. The van der Waals surface area contributed by atoms with Crippen LogP contribution in [0.4, 0.5) is 0 Å². The molecule has 0 radical (unpaired) electrons. The normalized spacial score (nSPS) is 25.8. The van der Waals surface area contributed by atoms with E-state index in [4.69, 9.17) is 0 Å². The Labute approximate surface area is 91.2 Å². The SMILES string of the molecule is CC(C)CCCCC1CCS(=O)(=O)S1. The van der Waals surface area contributed by atoms with Crippen LogP contribution >= 0.6 is 10.8 Å². The standard InChI is InChI=1S/C10H20O2S2/c1-9(2)5-3-4-6-10-7-8-14(11,12)13-10/h9-10H,3-8H2,1-2H3. The molecule has 1 saturated heterocycles. The van der Waals surface area contributed by atoms with Crippen LogP contribution in [-0.2, 0) is 8.87 Å². The summed E-state index contributed by atoms with van der Waals surface area (Å²) in [6.45, 7) is 4.46. The van der Waals surface area contributed by atoms with E-state index in [0.29, 0.717) is 11.0 Å². The predicted molar refractivity (Wildman–Crippen MR) is 63.1 cm³/mol. The molecule has 0 aromatic rings. The van der Waals surface area contributed by atoms with E-state index in [1.165, 1.54) is 30.1 Å². The van der Waals surface area contributed by atoms with E-state index in [2.05, 4.69) is 13.8 Å². The van der Waals surface area contributed by atoms with Crippen molar-refractivity contribution in [2.24, 2.45) is 5.92 Å². The van der Waals surface area contributed by atoms with Crippen molar-refractivity contribution >= 4 is 19.7 Å². The summed E-state index contributed by atoms with van der Waals surface area (Å²) in [5, 5.41) is 0.382. The third-order valence-corrected chi connectivity index (χ3v) is 6.50. The zero-order valence-corrected chi connectivity index (χ0v) is 10.7. The van der Waals surface area contributed by atoms with Crippen molar-refractivity contribution in [2.75, 3.05) is 5.75 Å². The second kappa shape index (κ2) is 5.40. The van der Waals surface area contributed by atoms with Gasteiger partial charge in [0.2, 0.25) is 8.87 Å². The molecule has 4 heteroatoms. The van der Waals surface area contributed by atoms with E-state index in [0.717, 1.165) is 18.8 Å². The summed E-state index contributed by atoms with van der Waals surface area (Å²) in [6.07, 6.45) is 5.65. The fraction of sp³-hybridized carbons (Fsp3) is 1.00. The highest BCUT2D eigenvalue weighted by molar-refractivity contribution is 8.72. The van der Waals surface area contributed by atoms with Crippen molar-refractivity contribution in [1.82, 2.24) is 0 Å². The van der Waals surface area contributed by atoms with E-state index in [-0.39, 0.29) is 0 Å². The van der Waals surface area contributed by atoms with E-state index < -0.39 is 8.87 Å². The molecule has 1 aliphatic rings. The number of hydrogen-bond acceptors (Lipinski definition) is 3. The quantitative estimate of drug-likeness (QED) is 0.543. The van der Waals surface area contributed by atoms with Crippen molar-refractivity contribution in [3.63, 3.8) is 0 Å². The lowest BCUT2D eigenvalue weighted by Crippen LogP contribution is -1.97. The Morgan fingerprint density at radius 2 is 2.07 bits per heavy atom. The second-order valence-electron chi connectivity index (χ2n) is 4.45. The third kappa shape index (κ3) is 4.69. The van der Waals surface area contributed by atoms with Gasteiger partial charge in [0.15, 0.2) is 0 Å². The van der Waals surface area contributed by atoms with Crippen LogP contribution in [0.1, 0.15) is 46.0 Å². The Morgan fingerprint density at radius 3 is 2.57 bits per heavy atom. The van der Waals surface area contributed by atoms with Crippen LogP contribution in [0.15, 0.2) is 0 Å². The lowest BCUT2D eigenvalue weighted by Gasteiger charge is -2.07. The maximum absolute atomic E-state index is 11.1. The molecule has 0 aliphatic carbocycles. The molecule has 84 valence electrons. The van der Waals surface area contributed by atoms with Crippen molar-refractivity contribution in [3.05, 3.63) is 0 Å². The average Bonchev–Trinajstić information content (AvgIpc) is 2.39. The molecule has 1 heterocycles. The molecule has 0 N–H and O–H groups in total. The van der Waals surface area contributed by atoms with E-state index in [1.807, 2.05) is 0 Å². The first-order chi connectivity index (χ1) is 6.49. The summed E-state index contributed by atoms with van der Waals surface area (Å²) in [5.74, 6) is 1.17. The smallest absolute Gasteiger partial charge is 0.201 e. The Bertz CT molecular complexity index is 257. The van der Waals surface area contributed by atoms with Crippen LogP contribution < -0.4 is 0 Å². The number of unbranched alkanes of at least 4 members (excludes halogenated alkanes) is 1. The maximum atomic E-state index is 11.1. The maximum Gasteiger partial charge on any atom is 0.201 e. The monoisotopic (exact) mass is 236 g/mol. The molecule has 0 amide bonds. The van der Waals surface area contributed by atoms with Gasteiger partial charge in [0.1, 0.15) is 0 Å². The molecule has 0 bridgehead atoms. The first-order valence-electron chi connectivity index (χ1n) is 5.40. The van der Waals surface area contributed by atoms with Gasteiger partial charge in [-0.1, -0.05) is 33.1 Å². The highest BCUT2D eigenvalue weighted by Crippen LogP contribution is 2.34. The summed E-state index contributed by atoms with van der Waals surface area (Å²) >= 11 is 0. The van der Waals surface area contributed by atoms with E-state index >= 15 is 0 Å². The summed E-state index contributed by atoms with van der Waals surface area (Å²) in [6, 6.07) is 0. The molecule has 1 atom stereocenters. The van der Waals surface area contributed by atoms with Gasteiger partial charge in [-0.15, -0.1) is 0 Å². The van der Waals surface area contributed by atoms with E-state index in [1.54, 1.807) is 0 Å². The zero-order chi connectivity index (χ0) is 10.6. The van der Waals surface area contributed by atoms with Crippen LogP contribution in [0.2, 0.25) is 0 Å². The van der Waals surface area contributed by atoms with Crippen LogP contribution in [0.3, 0.4) is 0 Å². The molecule has 0 aromatic carbocycles. The molecule has 0 saturated carbocycles. The largest absolute Gasteiger partial charge is 0.217 e. The highest BCUT2D eigenvalue weighted by atomic mass is 33.1. The first-order valence-corrected chi connectivity index (χ1v) is 8.45. The first kappa shape index (κ1) is 12.4. The minimum Gasteiger partial charge on any atom is -0.217 e. The lowest BCUT2D eigenvalue weighted by atomic mass is 10.0. The third-order valence-electron chi connectivity index (χ3n) is 2.53. The Balaban J connectivity index is 2.09. The average molecular weight is 236 g/mol. The minimum absolute atomic E-state index is 0.382. The Hall–Kier alpha value is 0.300. The fourth-order valence-electron chi connectivity index (χ4n) is 1.70. The van der Waals surface area contributed by atoms with Gasteiger partial charge in [0.25, 0.3) is 0 Å². The van der Waals surface area contributed by atoms with Gasteiger partial charge in [-0.05, 0) is 29.6 Å². The van der Waals surface area contributed by atoms with Crippen molar-refractivity contribution in [1.29, 1.82) is 0 Å². The van der Waals surface area contributed by atoms with Gasteiger partial charge in [-0.3, -0.25) is 0 Å². The lowest BCUT2D eigenvalue weighted by molar-refractivity contribution is 0.522. The summed E-state index contributed by atoms with van der Waals surface area (Å²) in [7, 11) is -1.53. The molecule has 1 unspecified atom stereocenters. The van der Waals surface area contributed by atoms with Gasteiger partial charge in [-0.25, -0.2) is 8.42 Å². The molecule has 14 heavy (non-hydrogen) atoms. The Morgan fingerprint density at radius 1 is 1.36 bits per heavy atom. The topological polar surface area (TPSA) is 34.1 Å². The van der Waals surface area contributed by atoms with Crippen molar-refractivity contribution in [3.8, 4) is 0 Å². The van der Waals surface area contributed by atoms with Gasteiger partial charge < -0.3 is 0 Å². The molecule has 0 aromatic heterocycles. The van der Waals surface area contributed by atoms with Crippen LogP contribution in [0.25, 0.3) is 0 Å². The minimum atomic E-state index is -2.73. The molecule has 1 rings (SSSR count). The number of rotatable bonds is 5. The molecule has 0 spiro atoms. The molecular formula is C10H20O2S2. The van der Waals surface area contributed by atoms with Gasteiger partial charge >= 0.3 is 0 Å². The van der Waals surface area contributed by atoms with E-state index in [9.17, 15) is 8.42 Å². The summed E-state index contributed by atoms with van der Waals surface area (Å²) < 4.78 is 22.3. The molecule has 1 fully saturated rings. The molecule has 1 aliphatic heterocycles. The van der Waals surface area contributed by atoms with Crippen LogP contribution in [-0.4, -0.2) is 19.4 Å². The van der Waals surface area contributed by atoms with Gasteiger partial charge in [0.05, 0.1) is 5.75 Å². The van der Waals surface area contributed by atoms with Crippen molar-refractivity contribution in [2.45, 2.75) is 51.2 Å². The molecule has 2 nitrogen and oxygen atoms in total. The zero-order valence-electron chi connectivity index (χ0n) is 9.03. The summed E-state index contributed by atoms with van der Waals surface area (Å²) in [4.78, 5) is 0. The van der Waals surface area contributed by atoms with Crippen molar-refractivity contribution < 1.29 is 8.42 Å².